The Morgan fingerprint density at radius 1 is 0.245 bits per heavy atom. The summed E-state index contributed by atoms with van der Waals surface area (Å²) in [4.78, 5) is 0. The molecule has 0 atom stereocenters. The van der Waals surface area contributed by atoms with Crippen LogP contribution in [0.2, 0.25) is 0 Å². The van der Waals surface area contributed by atoms with Crippen molar-refractivity contribution in [1.82, 2.24) is 0 Å². The van der Waals surface area contributed by atoms with E-state index in [1.54, 1.807) is 0 Å². The third-order valence-corrected chi connectivity index (χ3v) is 11.0. The minimum Gasteiger partial charge on any atom is -0.456 e. The Kier molecular flexibility index (Phi) is 6.62. The highest BCUT2D eigenvalue weighted by atomic mass is 16.3. The molecule has 0 aliphatic rings. The lowest BCUT2D eigenvalue weighted by Gasteiger charge is -2.18. The first-order chi connectivity index (χ1) is 26.3. The highest BCUT2D eigenvalue weighted by Crippen LogP contribution is 2.45. The number of furan rings is 1. The maximum absolute atomic E-state index is 6.10. The van der Waals surface area contributed by atoms with Crippen LogP contribution in [0.5, 0.6) is 0 Å². The summed E-state index contributed by atoms with van der Waals surface area (Å²) in [5.41, 5.74) is 11.7. The van der Waals surface area contributed by atoms with Gasteiger partial charge < -0.3 is 4.42 Å². The number of hydrogen-bond acceptors (Lipinski definition) is 1. The van der Waals surface area contributed by atoms with E-state index in [9.17, 15) is 0 Å². The van der Waals surface area contributed by atoms with Gasteiger partial charge in [0.05, 0.1) is 0 Å². The zero-order chi connectivity index (χ0) is 34.9. The molecule has 1 heterocycles. The van der Waals surface area contributed by atoms with Crippen molar-refractivity contribution in [3.8, 4) is 44.5 Å². The first-order valence-corrected chi connectivity index (χ1v) is 18.2. The molecule has 0 aliphatic carbocycles. The summed E-state index contributed by atoms with van der Waals surface area (Å²) in [5.74, 6) is 0. The van der Waals surface area contributed by atoms with Crippen LogP contribution in [0, 0.1) is 0 Å². The summed E-state index contributed by atoms with van der Waals surface area (Å²) in [6.07, 6.45) is 0. The van der Waals surface area contributed by atoms with Crippen LogP contribution in [0.1, 0.15) is 0 Å². The van der Waals surface area contributed by atoms with Crippen LogP contribution in [0.15, 0.2) is 199 Å². The first-order valence-electron chi connectivity index (χ1n) is 18.2. The van der Waals surface area contributed by atoms with Crippen LogP contribution >= 0.6 is 0 Å². The van der Waals surface area contributed by atoms with Gasteiger partial charge in [-0.15, -0.1) is 0 Å². The lowest BCUT2D eigenvalue weighted by Crippen LogP contribution is -1.91. The Balaban J connectivity index is 1.06. The standard InChI is InChI=1S/C52H32O/c1-2-15-41-33(11-1)12-10-21-42(41)38-13-9-14-39(31-38)51-44-17-3-5-19-46(44)52(47-20-6-4-18-45(47)51)40-26-25-34-29-35(23-24-36(34)30-40)37-27-28-50-48(32-37)43-16-7-8-22-49(43)53-50/h1-32H. The van der Waals surface area contributed by atoms with E-state index in [2.05, 4.69) is 182 Å². The Labute approximate surface area is 307 Å². The van der Waals surface area contributed by atoms with E-state index in [1.807, 2.05) is 12.1 Å². The largest absolute Gasteiger partial charge is 0.456 e. The highest BCUT2D eigenvalue weighted by Gasteiger charge is 2.18. The smallest absolute Gasteiger partial charge is 0.135 e. The zero-order valence-electron chi connectivity index (χ0n) is 28.9. The van der Waals surface area contributed by atoms with Crippen molar-refractivity contribution < 1.29 is 4.42 Å². The predicted octanol–water partition coefficient (Wildman–Crippen LogP) is 14.9. The molecule has 53 heavy (non-hydrogen) atoms. The molecule has 0 spiro atoms. The Morgan fingerprint density at radius 2 is 0.736 bits per heavy atom. The molecule has 1 heteroatoms. The summed E-state index contributed by atoms with van der Waals surface area (Å²) in [6, 6.07) is 70.7. The SMILES string of the molecule is c1cc(-c2cccc3ccccc23)cc(-c2c3ccccc3c(-c3ccc4cc(-c5ccc6oc7ccccc7c6c5)ccc4c3)c3ccccc23)c1. The second kappa shape index (κ2) is 11.8. The van der Waals surface area contributed by atoms with Gasteiger partial charge in [0, 0.05) is 10.8 Å². The fraction of sp³-hybridized carbons (Fsp3) is 0. The molecule has 0 bridgehead atoms. The molecular weight excluding hydrogens is 641 g/mol. The maximum atomic E-state index is 6.10. The van der Waals surface area contributed by atoms with Crippen LogP contribution in [-0.4, -0.2) is 0 Å². The van der Waals surface area contributed by atoms with Gasteiger partial charge in [-0.1, -0.05) is 158 Å². The van der Waals surface area contributed by atoms with Crippen LogP contribution in [-0.2, 0) is 0 Å². The quantitative estimate of drug-likeness (QED) is 0.170. The Bertz CT molecular complexity index is 3170. The van der Waals surface area contributed by atoms with E-state index in [0.29, 0.717) is 0 Å². The second-order valence-electron chi connectivity index (χ2n) is 14.0. The van der Waals surface area contributed by atoms with E-state index >= 15 is 0 Å². The van der Waals surface area contributed by atoms with Crippen molar-refractivity contribution in [2.24, 2.45) is 0 Å². The topological polar surface area (TPSA) is 13.1 Å². The van der Waals surface area contributed by atoms with Crippen LogP contribution in [0.3, 0.4) is 0 Å². The van der Waals surface area contributed by atoms with Gasteiger partial charge in [-0.25, -0.2) is 0 Å². The molecular formula is C52H32O. The summed E-state index contributed by atoms with van der Waals surface area (Å²) < 4.78 is 6.10. The molecule has 0 unspecified atom stereocenters. The predicted molar refractivity (Wildman–Crippen MR) is 225 cm³/mol. The van der Waals surface area contributed by atoms with Crippen molar-refractivity contribution in [1.29, 1.82) is 0 Å². The summed E-state index contributed by atoms with van der Waals surface area (Å²) in [6.45, 7) is 0. The lowest BCUT2D eigenvalue weighted by atomic mass is 9.85. The van der Waals surface area contributed by atoms with Gasteiger partial charge in [0.2, 0.25) is 0 Å². The third-order valence-electron chi connectivity index (χ3n) is 11.0. The van der Waals surface area contributed by atoms with Crippen molar-refractivity contribution in [3.05, 3.63) is 194 Å². The van der Waals surface area contributed by atoms with Gasteiger partial charge in [0.25, 0.3) is 0 Å². The second-order valence-corrected chi connectivity index (χ2v) is 14.0. The highest BCUT2D eigenvalue weighted by molar-refractivity contribution is 6.22. The minimum absolute atomic E-state index is 0.920. The average molecular weight is 673 g/mol. The molecule has 0 aliphatic heterocycles. The Morgan fingerprint density at radius 3 is 1.47 bits per heavy atom. The van der Waals surface area contributed by atoms with Gasteiger partial charge in [-0.3, -0.25) is 0 Å². The van der Waals surface area contributed by atoms with E-state index < -0.39 is 0 Å². The van der Waals surface area contributed by atoms with Crippen molar-refractivity contribution in [3.63, 3.8) is 0 Å². The van der Waals surface area contributed by atoms with Crippen LogP contribution in [0.4, 0.5) is 0 Å². The Hall–Kier alpha value is -6.96. The molecule has 0 radical (unpaired) electrons. The molecule has 0 saturated heterocycles. The fourth-order valence-electron chi connectivity index (χ4n) is 8.56. The summed E-state index contributed by atoms with van der Waals surface area (Å²) in [5, 5.41) is 12.3. The molecule has 10 aromatic carbocycles. The third kappa shape index (κ3) is 4.79. The first kappa shape index (κ1) is 29.7. The van der Waals surface area contributed by atoms with Gasteiger partial charge in [0.1, 0.15) is 11.2 Å². The van der Waals surface area contributed by atoms with E-state index in [4.69, 9.17) is 4.42 Å². The molecule has 0 saturated carbocycles. The maximum Gasteiger partial charge on any atom is 0.135 e. The monoisotopic (exact) mass is 672 g/mol. The van der Waals surface area contributed by atoms with Gasteiger partial charge in [-0.05, 0) is 124 Å². The molecule has 11 rings (SSSR count). The van der Waals surface area contributed by atoms with Crippen molar-refractivity contribution >= 4 is 65.0 Å². The normalized spacial score (nSPS) is 11.8. The van der Waals surface area contributed by atoms with Gasteiger partial charge >= 0.3 is 0 Å². The number of hydrogen-bond donors (Lipinski definition) is 0. The molecule has 0 fully saturated rings. The molecule has 1 nitrogen and oxygen atoms in total. The number of rotatable bonds is 4. The van der Waals surface area contributed by atoms with Crippen LogP contribution in [0.25, 0.3) is 110 Å². The summed E-state index contributed by atoms with van der Waals surface area (Å²) >= 11 is 0. The van der Waals surface area contributed by atoms with Gasteiger partial charge in [-0.2, -0.15) is 0 Å². The molecule has 1 aromatic heterocycles. The minimum atomic E-state index is 0.920. The van der Waals surface area contributed by atoms with Crippen LogP contribution < -0.4 is 0 Å². The average Bonchev–Trinajstić information content (AvgIpc) is 3.60. The van der Waals surface area contributed by atoms with Crippen molar-refractivity contribution in [2.75, 3.05) is 0 Å². The van der Waals surface area contributed by atoms with Gasteiger partial charge in [0.15, 0.2) is 0 Å². The molecule has 0 amide bonds. The molecule has 246 valence electrons. The number of para-hydroxylation sites is 1. The fourth-order valence-corrected chi connectivity index (χ4v) is 8.56. The van der Waals surface area contributed by atoms with E-state index in [1.165, 1.54) is 87.6 Å². The van der Waals surface area contributed by atoms with Crippen molar-refractivity contribution in [2.45, 2.75) is 0 Å². The molecule has 0 N–H and O–H groups in total. The number of fused-ring (bicyclic) bond motifs is 7. The number of benzene rings is 10. The molecule has 11 aromatic rings. The summed E-state index contributed by atoms with van der Waals surface area (Å²) in [7, 11) is 0. The van der Waals surface area contributed by atoms with E-state index in [0.717, 1.165) is 21.9 Å². The lowest BCUT2D eigenvalue weighted by molar-refractivity contribution is 0.669. The van der Waals surface area contributed by atoms with E-state index in [-0.39, 0.29) is 0 Å². The zero-order valence-corrected chi connectivity index (χ0v) is 28.9.